The standard InChI is InChI=1S/C28H30N2O7S/c1-36-23-11-7-20(8-12-23)21-9-13-25(14-10-21)38(34,35)29-27(28(32)33)22-15-17-30(18-16-22)26(31)19-37-24-5-3-2-4-6-24/h2-14,22,27,29H,15-19H2,1H3,(H,32,33). The van der Waals surface area contributed by atoms with Crippen LogP contribution >= 0.6 is 0 Å². The number of amides is 1. The first kappa shape index (κ1) is 27.2. The van der Waals surface area contributed by atoms with Crippen LogP contribution in [0.3, 0.4) is 0 Å². The van der Waals surface area contributed by atoms with Gasteiger partial charge in [0.1, 0.15) is 17.5 Å². The van der Waals surface area contributed by atoms with Gasteiger partial charge < -0.3 is 19.5 Å². The topological polar surface area (TPSA) is 122 Å². The van der Waals surface area contributed by atoms with Crippen molar-refractivity contribution in [1.82, 2.24) is 9.62 Å². The van der Waals surface area contributed by atoms with Crippen molar-refractivity contribution in [3.05, 3.63) is 78.9 Å². The van der Waals surface area contributed by atoms with Crippen LogP contribution in [0, 0.1) is 5.92 Å². The van der Waals surface area contributed by atoms with E-state index in [2.05, 4.69) is 4.72 Å². The van der Waals surface area contributed by atoms with E-state index in [0.29, 0.717) is 37.4 Å². The predicted molar refractivity (Wildman–Crippen MR) is 141 cm³/mol. The monoisotopic (exact) mass is 538 g/mol. The van der Waals surface area contributed by atoms with E-state index in [0.717, 1.165) is 11.1 Å². The molecule has 0 bridgehead atoms. The van der Waals surface area contributed by atoms with Crippen molar-refractivity contribution in [3.8, 4) is 22.6 Å². The SMILES string of the molecule is COc1ccc(-c2ccc(S(=O)(=O)NC(C(=O)O)C3CCN(C(=O)COc4ccccc4)CC3)cc2)cc1. The van der Waals surface area contributed by atoms with Gasteiger partial charge in [-0.15, -0.1) is 0 Å². The van der Waals surface area contributed by atoms with Gasteiger partial charge in [0.2, 0.25) is 10.0 Å². The lowest BCUT2D eigenvalue weighted by molar-refractivity contribution is -0.141. The van der Waals surface area contributed by atoms with E-state index in [1.807, 2.05) is 42.5 Å². The van der Waals surface area contributed by atoms with Crippen LogP contribution in [0.4, 0.5) is 0 Å². The molecule has 1 aliphatic rings. The van der Waals surface area contributed by atoms with Gasteiger partial charge in [-0.3, -0.25) is 9.59 Å². The van der Waals surface area contributed by atoms with Crippen LogP contribution in [0.2, 0.25) is 0 Å². The van der Waals surface area contributed by atoms with E-state index < -0.39 is 28.0 Å². The van der Waals surface area contributed by atoms with Crippen molar-refractivity contribution >= 4 is 21.9 Å². The number of para-hydroxylation sites is 1. The molecule has 38 heavy (non-hydrogen) atoms. The number of carboxylic acids is 1. The minimum absolute atomic E-state index is 0.0216. The highest BCUT2D eigenvalue weighted by atomic mass is 32.2. The third-order valence-corrected chi connectivity index (χ3v) is 8.06. The highest BCUT2D eigenvalue weighted by Gasteiger charge is 2.35. The molecule has 1 aliphatic heterocycles. The second-order valence-corrected chi connectivity index (χ2v) is 10.7. The number of benzene rings is 3. The molecular weight excluding hydrogens is 508 g/mol. The number of likely N-dealkylation sites (tertiary alicyclic amines) is 1. The number of carbonyl (C=O) groups excluding carboxylic acids is 1. The van der Waals surface area contributed by atoms with Gasteiger partial charge in [-0.25, -0.2) is 8.42 Å². The molecule has 3 aromatic rings. The minimum Gasteiger partial charge on any atom is -0.497 e. The Balaban J connectivity index is 1.35. The molecule has 200 valence electrons. The maximum atomic E-state index is 13.0. The van der Waals surface area contributed by atoms with Crippen molar-refractivity contribution in [2.75, 3.05) is 26.8 Å². The van der Waals surface area contributed by atoms with Gasteiger partial charge in [-0.05, 0) is 66.3 Å². The van der Waals surface area contributed by atoms with Gasteiger partial charge in [0.15, 0.2) is 6.61 Å². The van der Waals surface area contributed by atoms with Crippen molar-refractivity contribution in [1.29, 1.82) is 0 Å². The maximum absolute atomic E-state index is 13.0. The smallest absolute Gasteiger partial charge is 0.322 e. The minimum atomic E-state index is -4.08. The van der Waals surface area contributed by atoms with E-state index in [1.165, 1.54) is 12.1 Å². The number of nitrogens with zero attached hydrogens (tertiary/aromatic N) is 1. The van der Waals surface area contributed by atoms with Crippen LogP contribution in [-0.2, 0) is 19.6 Å². The van der Waals surface area contributed by atoms with Crippen molar-refractivity contribution in [2.45, 2.75) is 23.8 Å². The molecular formula is C28H30N2O7S. The molecule has 1 amide bonds. The first-order chi connectivity index (χ1) is 18.3. The van der Waals surface area contributed by atoms with Crippen LogP contribution in [-0.4, -0.2) is 63.1 Å². The van der Waals surface area contributed by atoms with Crippen molar-refractivity contribution < 1.29 is 32.6 Å². The summed E-state index contributed by atoms with van der Waals surface area (Å²) < 4.78 is 39.1. The van der Waals surface area contributed by atoms with Crippen LogP contribution < -0.4 is 14.2 Å². The van der Waals surface area contributed by atoms with Crippen molar-refractivity contribution in [3.63, 3.8) is 0 Å². The van der Waals surface area contributed by atoms with Crippen molar-refractivity contribution in [2.24, 2.45) is 5.92 Å². The second kappa shape index (κ2) is 12.1. The summed E-state index contributed by atoms with van der Waals surface area (Å²) in [6.07, 6.45) is 0.708. The van der Waals surface area contributed by atoms with Gasteiger partial charge >= 0.3 is 5.97 Å². The number of hydrogen-bond donors (Lipinski definition) is 2. The molecule has 2 N–H and O–H groups in total. The fourth-order valence-corrected chi connectivity index (χ4v) is 5.69. The summed E-state index contributed by atoms with van der Waals surface area (Å²) in [4.78, 5) is 26.2. The first-order valence-corrected chi connectivity index (χ1v) is 13.7. The number of rotatable bonds is 10. The molecule has 1 heterocycles. The zero-order valence-electron chi connectivity index (χ0n) is 20.9. The lowest BCUT2D eigenvalue weighted by Gasteiger charge is -2.34. The molecule has 0 aliphatic carbocycles. The Labute approximate surface area is 222 Å². The summed E-state index contributed by atoms with van der Waals surface area (Å²) >= 11 is 0. The summed E-state index contributed by atoms with van der Waals surface area (Å²) in [6.45, 7) is 0.531. The highest BCUT2D eigenvalue weighted by Crippen LogP contribution is 2.26. The molecule has 0 saturated carbocycles. The number of carboxylic acid groups (broad SMARTS) is 1. The van der Waals surface area contributed by atoms with Gasteiger partial charge in [-0.1, -0.05) is 42.5 Å². The number of piperidine rings is 1. The Morgan fingerprint density at radius 3 is 2.05 bits per heavy atom. The van der Waals surface area contributed by atoms with Gasteiger partial charge in [0.25, 0.3) is 5.91 Å². The van der Waals surface area contributed by atoms with E-state index in [9.17, 15) is 23.1 Å². The number of nitrogens with one attached hydrogen (secondary N) is 1. The Hall–Kier alpha value is -3.89. The summed E-state index contributed by atoms with van der Waals surface area (Å²) in [5.41, 5.74) is 1.70. The van der Waals surface area contributed by atoms with E-state index in [1.54, 1.807) is 36.3 Å². The predicted octanol–water partition coefficient (Wildman–Crippen LogP) is 3.41. The molecule has 1 atom stereocenters. The normalized spacial score (nSPS) is 15.0. The Morgan fingerprint density at radius 1 is 0.921 bits per heavy atom. The number of ether oxygens (including phenoxy) is 2. The number of hydrogen-bond acceptors (Lipinski definition) is 6. The third-order valence-electron chi connectivity index (χ3n) is 6.61. The largest absolute Gasteiger partial charge is 0.497 e. The van der Waals surface area contributed by atoms with Crippen LogP contribution in [0.15, 0.2) is 83.8 Å². The Kier molecular flexibility index (Phi) is 8.65. The number of carbonyl (C=O) groups is 2. The lowest BCUT2D eigenvalue weighted by atomic mass is 9.90. The Morgan fingerprint density at radius 2 is 1.50 bits per heavy atom. The van der Waals surface area contributed by atoms with Gasteiger partial charge in [0.05, 0.1) is 12.0 Å². The van der Waals surface area contributed by atoms with Gasteiger partial charge in [-0.2, -0.15) is 4.72 Å². The molecule has 0 radical (unpaired) electrons. The van der Waals surface area contributed by atoms with E-state index >= 15 is 0 Å². The summed E-state index contributed by atoms with van der Waals surface area (Å²) in [6, 6.07) is 21.3. The number of sulfonamides is 1. The van der Waals surface area contributed by atoms with E-state index in [-0.39, 0.29) is 17.4 Å². The molecule has 3 aromatic carbocycles. The number of aliphatic carboxylic acids is 1. The lowest BCUT2D eigenvalue weighted by Crippen LogP contribution is -2.50. The molecule has 10 heteroatoms. The van der Waals surface area contributed by atoms with Crippen LogP contribution in [0.1, 0.15) is 12.8 Å². The first-order valence-electron chi connectivity index (χ1n) is 12.2. The fourth-order valence-electron chi connectivity index (χ4n) is 4.43. The average molecular weight is 539 g/mol. The molecule has 9 nitrogen and oxygen atoms in total. The molecule has 1 fully saturated rings. The third kappa shape index (κ3) is 6.70. The molecule has 0 spiro atoms. The van der Waals surface area contributed by atoms with Crippen LogP contribution in [0.5, 0.6) is 11.5 Å². The fraction of sp³-hybridized carbons (Fsp3) is 0.286. The number of methoxy groups -OCH3 is 1. The van der Waals surface area contributed by atoms with Gasteiger partial charge in [0, 0.05) is 13.1 Å². The molecule has 1 unspecified atom stereocenters. The highest BCUT2D eigenvalue weighted by molar-refractivity contribution is 7.89. The van der Waals surface area contributed by atoms with E-state index in [4.69, 9.17) is 9.47 Å². The Bertz CT molecular complexity index is 1340. The van der Waals surface area contributed by atoms with Crippen LogP contribution in [0.25, 0.3) is 11.1 Å². The summed E-state index contributed by atoms with van der Waals surface area (Å²) in [5, 5.41) is 9.82. The quantitative estimate of drug-likeness (QED) is 0.406. The second-order valence-electron chi connectivity index (χ2n) is 9.01. The summed E-state index contributed by atoms with van der Waals surface area (Å²) in [7, 11) is -2.50. The average Bonchev–Trinajstić information content (AvgIpc) is 2.95. The maximum Gasteiger partial charge on any atom is 0.322 e. The summed E-state index contributed by atoms with van der Waals surface area (Å²) in [5.74, 6) is -0.599. The molecule has 4 rings (SSSR count). The molecule has 0 aromatic heterocycles. The zero-order chi connectivity index (χ0) is 27.1. The molecule has 1 saturated heterocycles. The zero-order valence-corrected chi connectivity index (χ0v) is 21.8.